The van der Waals surface area contributed by atoms with E-state index < -0.39 is 41.5 Å². The van der Waals surface area contributed by atoms with Crippen molar-refractivity contribution in [3.05, 3.63) is 59.9 Å². The summed E-state index contributed by atoms with van der Waals surface area (Å²) in [6.07, 6.45) is -2.30. The minimum absolute atomic E-state index is 0.241. The molecular weight excluding hydrogens is 351 g/mol. The average molecular weight is 367 g/mol. The van der Waals surface area contributed by atoms with Crippen LogP contribution in [0, 0.1) is 17.5 Å². The van der Waals surface area contributed by atoms with Gasteiger partial charge in [-0.15, -0.1) is 0 Å². The normalized spacial score (nSPS) is 12.8. The molecule has 0 aliphatic heterocycles. The first-order valence-electron chi connectivity index (χ1n) is 7.65. The molecule has 8 heteroatoms. The van der Waals surface area contributed by atoms with E-state index in [0.29, 0.717) is 6.07 Å². The summed E-state index contributed by atoms with van der Waals surface area (Å²) in [5.41, 5.74) is -0.241. The van der Waals surface area contributed by atoms with Crippen molar-refractivity contribution in [3.63, 3.8) is 0 Å². The molecule has 26 heavy (non-hydrogen) atoms. The van der Waals surface area contributed by atoms with Crippen LogP contribution in [0.25, 0.3) is 0 Å². The average Bonchev–Trinajstić information content (AvgIpc) is 2.59. The molecule has 2 atom stereocenters. The largest absolute Gasteiger partial charge is 0.479 e. The Kier molecular flexibility index (Phi) is 6.21. The lowest BCUT2D eigenvalue weighted by molar-refractivity contribution is -0.159. The lowest BCUT2D eigenvalue weighted by Gasteiger charge is -2.18. The summed E-state index contributed by atoms with van der Waals surface area (Å²) < 4.78 is 49.5. The summed E-state index contributed by atoms with van der Waals surface area (Å²) in [6, 6.07) is 7.66. The molecule has 0 radical (unpaired) electrons. The maximum absolute atomic E-state index is 13.5. The van der Waals surface area contributed by atoms with E-state index in [1.54, 1.807) is 0 Å². The van der Waals surface area contributed by atoms with E-state index in [1.165, 1.54) is 38.1 Å². The number of hydrogen-bond donors (Lipinski definition) is 1. The molecule has 2 aromatic carbocycles. The number of halogens is 3. The summed E-state index contributed by atoms with van der Waals surface area (Å²) in [4.78, 5) is 23.9. The molecule has 2 rings (SSSR count). The summed E-state index contributed by atoms with van der Waals surface area (Å²) in [5, 5.41) is 2.20. The third-order valence-electron chi connectivity index (χ3n) is 3.31. The van der Waals surface area contributed by atoms with Crippen LogP contribution in [0.2, 0.25) is 0 Å². The fourth-order valence-electron chi connectivity index (χ4n) is 1.91. The van der Waals surface area contributed by atoms with Gasteiger partial charge >= 0.3 is 5.97 Å². The number of rotatable bonds is 6. The molecule has 5 nitrogen and oxygen atoms in total. The van der Waals surface area contributed by atoms with E-state index in [0.717, 1.165) is 12.1 Å². The number of anilines is 1. The SMILES string of the molecule is C[C@H](OC(=O)[C@@H](C)Oc1ccc(F)cc1)C(=O)Nc1ccc(F)cc1F. The third kappa shape index (κ3) is 5.23. The smallest absolute Gasteiger partial charge is 0.347 e. The number of benzene rings is 2. The van der Waals surface area contributed by atoms with Crippen LogP contribution in [-0.4, -0.2) is 24.1 Å². The molecule has 138 valence electrons. The molecule has 0 fully saturated rings. The van der Waals surface area contributed by atoms with Crippen molar-refractivity contribution in [2.24, 2.45) is 0 Å². The van der Waals surface area contributed by atoms with Gasteiger partial charge in [-0.05, 0) is 50.2 Å². The van der Waals surface area contributed by atoms with Crippen molar-refractivity contribution in [2.45, 2.75) is 26.1 Å². The topological polar surface area (TPSA) is 64.6 Å². The number of nitrogens with one attached hydrogen (secondary N) is 1. The van der Waals surface area contributed by atoms with Crippen LogP contribution < -0.4 is 10.1 Å². The van der Waals surface area contributed by atoms with Crippen LogP contribution in [0.15, 0.2) is 42.5 Å². The van der Waals surface area contributed by atoms with E-state index in [9.17, 15) is 22.8 Å². The van der Waals surface area contributed by atoms with E-state index >= 15 is 0 Å². The van der Waals surface area contributed by atoms with Crippen molar-refractivity contribution >= 4 is 17.6 Å². The van der Waals surface area contributed by atoms with Crippen molar-refractivity contribution in [1.82, 2.24) is 0 Å². The maximum atomic E-state index is 13.5. The molecular formula is C18H16F3NO4. The Morgan fingerprint density at radius 1 is 0.923 bits per heavy atom. The highest BCUT2D eigenvalue weighted by Gasteiger charge is 2.24. The molecule has 1 amide bonds. The number of amides is 1. The summed E-state index contributed by atoms with van der Waals surface area (Å²) >= 11 is 0. The summed E-state index contributed by atoms with van der Waals surface area (Å²) in [6.45, 7) is 2.69. The Morgan fingerprint density at radius 2 is 1.54 bits per heavy atom. The van der Waals surface area contributed by atoms with Gasteiger partial charge < -0.3 is 14.8 Å². The van der Waals surface area contributed by atoms with Crippen molar-refractivity contribution in [3.8, 4) is 5.75 Å². The van der Waals surface area contributed by atoms with Gasteiger partial charge in [-0.1, -0.05) is 0 Å². The molecule has 0 saturated carbocycles. The number of esters is 1. The lowest BCUT2D eigenvalue weighted by atomic mass is 10.2. The monoisotopic (exact) mass is 367 g/mol. The van der Waals surface area contributed by atoms with Crippen LogP contribution in [0.4, 0.5) is 18.9 Å². The van der Waals surface area contributed by atoms with E-state index in [1.807, 2.05) is 0 Å². The number of ether oxygens (including phenoxy) is 2. The second kappa shape index (κ2) is 8.37. The maximum Gasteiger partial charge on any atom is 0.347 e. The van der Waals surface area contributed by atoms with E-state index in [-0.39, 0.29) is 11.4 Å². The molecule has 0 saturated heterocycles. The van der Waals surface area contributed by atoms with Crippen molar-refractivity contribution in [2.75, 3.05) is 5.32 Å². The van der Waals surface area contributed by atoms with Crippen LogP contribution >= 0.6 is 0 Å². The van der Waals surface area contributed by atoms with Gasteiger partial charge in [0.15, 0.2) is 12.2 Å². The predicted molar refractivity (Wildman–Crippen MR) is 87.0 cm³/mol. The van der Waals surface area contributed by atoms with Gasteiger partial charge in [0.1, 0.15) is 23.2 Å². The van der Waals surface area contributed by atoms with Crippen LogP contribution in [0.3, 0.4) is 0 Å². The number of carbonyl (C=O) groups excluding carboxylic acids is 2. The highest BCUT2D eigenvalue weighted by Crippen LogP contribution is 2.16. The molecule has 0 aliphatic rings. The minimum atomic E-state index is -1.24. The highest BCUT2D eigenvalue weighted by molar-refractivity contribution is 5.95. The van der Waals surface area contributed by atoms with Crippen molar-refractivity contribution in [1.29, 1.82) is 0 Å². The number of carbonyl (C=O) groups is 2. The van der Waals surface area contributed by atoms with Gasteiger partial charge in [-0.2, -0.15) is 0 Å². The van der Waals surface area contributed by atoms with Gasteiger partial charge in [0.05, 0.1) is 5.69 Å². The molecule has 0 aromatic heterocycles. The zero-order valence-electron chi connectivity index (χ0n) is 14.0. The van der Waals surface area contributed by atoms with Crippen LogP contribution in [-0.2, 0) is 14.3 Å². The summed E-state index contributed by atoms with van der Waals surface area (Å²) in [5.74, 6) is -3.57. The quantitative estimate of drug-likeness (QED) is 0.795. The van der Waals surface area contributed by atoms with Crippen molar-refractivity contribution < 1.29 is 32.2 Å². The zero-order chi connectivity index (χ0) is 19.3. The van der Waals surface area contributed by atoms with E-state index in [2.05, 4.69) is 5.32 Å². The Bertz CT molecular complexity index is 796. The van der Waals surface area contributed by atoms with Gasteiger partial charge in [0, 0.05) is 6.07 Å². The molecule has 0 unspecified atom stereocenters. The standard InChI is InChI=1S/C18H16F3NO4/c1-10(17(23)22-16-8-5-13(20)9-15(16)21)26-18(24)11(2)25-14-6-3-12(19)4-7-14/h3-11H,1-2H3,(H,22,23)/t10-,11+/m0/s1. The molecule has 1 N–H and O–H groups in total. The fraction of sp³-hybridized carbons (Fsp3) is 0.222. The van der Waals surface area contributed by atoms with E-state index in [4.69, 9.17) is 9.47 Å². The van der Waals surface area contributed by atoms with Crippen LogP contribution in [0.5, 0.6) is 5.75 Å². The van der Waals surface area contributed by atoms with Gasteiger partial charge in [0.25, 0.3) is 5.91 Å². The fourth-order valence-corrected chi connectivity index (χ4v) is 1.91. The highest BCUT2D eigenvalue weighted by atomic mass is 19.1. The molecule has 0 spiro atoms. The molecule has 0 heterocycles. The Morgan fingerprint density at radius 3 is 2.15 bits per heavy atom. The Hall–Kier alpha value is -3.03. The van der Waals surface area contributed by atoms with Crippen LogP contribution in [0.1, 0.15) is 13.8 Å². The molecule has 2 aromatic rings. The molecule has 0 aliphatic carbocycles. The zero-order valence-corrected chi connectivity index (χ0v) is 14.0. The second-order valence-corrected chi connectivity index (χ2v) is 5.41. The van der Waals surface area contributed by atoms with Gasteiger partial charge in [-0.3, -0.25) is 4.79 Å². The minimum Gasteiger partial charge on any atom is -0.479 e. The third-order valence-corrected chi connectivity index (χ3v) is 3.31. The lowest BCUT2D eigenvalue weighted by Crippen LogP contribution is -2.35. The van der Waals surface area contributed by atoms with Gasteiger partial charge in [0.2, 0.25) is 0 Å². The Labute approximate surface area is 147 Å². The van der Waals surface area contributed by atoms with Gasteiger partial charge in [-0.25, -0.2) is 18.0 Å². The molecule has 0 bridgehead atoms. The first-order chi connectivity index (χ1) is 12.3. The Balaban J connectivity index is 1.90. The first kappa shape index (κ1) is 19.3. The summed E-state index contributed by atoms with van der Waals surface area (Å²) in [7, 11) is 0. The predicted octanol–water partition coefficient (Wildman–Crippen LogP) is 3.44. The first-order valence-corrected chi connectivity index (χ1v) is 7.65. The number of hydrogen-bond acceptors (Lipinski definition) is 4. The second-order valence-electron chi connectivity index (χ2n) is 5.41.